The van der Waals surface area contributed by atoms with Crippen LogP contribution in [-0.4, -0.2) is 27.2 Å². The van der Waals surface area contributed by atoms with E-state index in [1.54, 1.807) is 24.3 Å². The zero-order valence-electron chi connectivity index (χ0n) is 17.6. The highest BCUT2D eigenvalue weighted by Gasteiger charge is 2.39. The molecular weight excluding hydrogens is 380 g/mol. The third-order valence-corrected chi connectivity index (χ3v) is 5.28. The molecule has 0 saturated heterocycles. The lowest BCUT2D eigenvalue weighted by Crippen LogP contribution is -2.36. The Kier molecular flexibility index (Phi) is 6.63. The Labute approximate surface area is 177 Å². The van der Waals surface area contributed by atoms with Crippen molar-refractivity contribution in [1.29, 1.82) is 0 Å². The van der Waals surface area contributed by atoms with Crippen molar-refractivity contribution in [1.82, 2.24) is 0 Å². The number of ketones is 1. The van der Waals surface area contributed by atoms with Gasteiger partial charge in [0.05, 0.1) is 0 Å². The maximum Gasteiger partial charge on any atom is 0.202 e. The molecule has 0 amide bonds. The van der Waals surface area contributed by atoms with Gasteiger partial charge < -0.3 is 20.1 Å². The summed E-state index contributed by atoms with van der Waals surface area (Å²) >= 11 is 0. The first-order chi connectivity index (χ1) is 14.3. The van der Waals surface area contributed by atoms with E-state index < -0.39 is 18.0 Å². The Morgan fingerprint density at radius 1 is 1.10 bits per heavy atom. The summed E-state index contributed by atoms with van der Waals surface area (Å²) in [6.07, 6.45) is 3.82. The Morgan fingerprint density at radius 2 is 1.80 bits per heavy atom. The summed E-state index contributed by atoms with van der Waals surface area (Å²) < 4.78 is 5.81. The van der Waals surface area contributed by atoms with Gasteiger partial charge in [0.15, 0.2) is 12.2 Å². The molecule has 5 nitrogen and oxygen atoms in total. The fourth-order valence-electron chi connectivity index (χ4n) is 3.55. The van der Waals surface area contributed by atoms with Gasteiger partial charge in [-0.25, -0.2) is 0 Å². The Morgan fingerprint density at radius 3 is 2.47 bits per heavy atom. The number of hydrogen-bond acceptors (Lipinski definition) is 5. The Balaban J connectivity index is 1.87. The quantitative estimate of drug-likeness (QED) is 0.585. The average Bonchev–Trinajstić information content (AvgIpc) is 2.70. The molecule has 158 valence electrons. The Hall–Kier alpha value is -3.05. The first kappa shape index (κ1) is 21.7. The first-order valence-electron chi connectivity index (χ1n) is 10.1. The summed E-state index contributed by atoms with van der Waals surface area (Å²) in [4.78, 5) is 12.8. The van der Waals surface area contributed by atoms with E-state index in [9.17, 15) is 20.1 Å². The number of carbonyl (C=O) groups excluding carboxylic acids is 1. The summed E-state index contributed by atoms with van der Waals surface area (Å²) in [6, 6.07) is 10.3. The van der Waals surface area contributed by atoms with Crippen molar-refractivity contribution in [2.24, 2.45) is 0 Å². The van der Waals surface area contributed by atoms with Crippen LogP contribution in [0.4, 0.5) is 0 Å². The van der Waals surface area contributed by atoms with Crippen LogP contribution in [0.3, 0.4) is 0 Å². The molecule has 1 heterocycles. The van der Waals surface area contributed by atoms with Crippen molar-refractivity contribution in [3.63, 3.8) is 0 Å². The van der Waals surface area contributed by atoms with Gasteiger partial charge in [-0.2, -0.15) is 0 Å². The molecular formula is C25H28O5. The van der Waals surface area contributed by atoms with E-state index in [4.69, 9.17) is 4.74 Å². The van der Waals surface area contributed by atoms with Gasteiger partial charge in [-0.3, -0.25) is 4.79 Å². The van der Waals surface area contributed by atoms with Gasteiger partial charge in [0, 0.05) is 11.6 Å². The molecule has 3 rings (SSSR count). The van der Waals surface area contributed by atoms with E-state index >= 15 is 0 Å². The fraction of sp³-hybridized carbons (Fsp3) is 0.320. The topological polar surface area (TPSA) is 87.0 Å². The van der Waals surface area contributed by atoms with Crippen molar-refractivity contribution >= 4 is 5.78 Å². The number of aliphatic hydroxyl groups excluding tert-OH is 1. The van der Waals surface area contributed by atoms with Crippen LogP contribution >= 0.6 is 0 Å². The lowest BCUT2D eigenvalue weighted by Gasteiger charge is -2.30. The van der Waals surface area contributed by atoms with Crippen LogP contribution in [0.2, 0.25) is 0 Å². The third-order valence-electron chi connectivity index (χ3n) is 5.28. The number of aromatic hydroxyl groups is 2. The third kappa shape index (κ3) is 4.57. The standard InChI is InChI=1S/C25H28O5/c1-15(2)8-7-9-16(3)12-13-18-19(26)14-20-21(22(18)27)23(28)24(29)25(30-20)17-10-5-4-6-11-17/h4-6,8,10-12,14,24-27,29H,7,9,13H2,1-3H3/b16-12+/t24-,25-/m1/s1. The van der Waals surface area contributed by atoms with Crippen LogP contribution in [0, 0.1) is 0 Å². The van der Waals surface area contributed by atoms with Crippen LogP contribution in [0.15, 0.2) is 59.7 Å². The molecule has 0 bridgehead atoms. The van der Waals surface area contributed by atoms with Crippen molar-refractivity contribution in [2.45, 2.75) is 52.2 Å². The summed E-state index contributed by atoms with van der Waals surface area (Å²) in [5.41, 5.74) is 3.19. The highest BCUT2D eigenvalue weighted by Crippen LogP contribution is 2.44. The van der Waals surface area contributed by atoms with Crippen LogP contribution in [0.1, 0.15) is 61.2 Å². The molecule has 0 fully saturated rings. The van der Waals surface area contributed by atoms with Gasteiger partial charge in [0.25, 0.3) is 0 Å². The highest BCUT2D eigenvalue weighted by atomic mass is 16.5. The molecule has 0 unspecified atom stereocenters. The van der Waals surface area contributed by atoms with Gasteiger partial charge in [-0.15, -0.1) is 0 Å². The number of fused-ring (bicyclic) bond motifs is 1. The molecule has 2 aromatic carbocycles. The normalized spacial score (nSPS) is 18.5. The molecule has 1 aliphatic heterocycles. The lowest BCUT2D eigenvalue weighted by atomic mass is 9.90. The van der Waals surface area contributed by atoms with E-state index in [1.165, 1.54) is 11.6 Å². The predicted octanol–water partition coefficient (Wildman–Crippen LogP) is 5.01. The number of rotatable bonds is 6. The van der Waals surface area contributed by atoms with Gasteiger partial charge in [-0.1, -0.05) is 53.6 Å². The summed E-state index contributed by atoms with van der Waals surface area (Å²) in [7, 11) is 0. The largest absolute Gasteiger partial charge is 0.507 e. The molecule has 30 heavy (non-hydrogen) atoms. The van der Waals surface area contributed by atoms with E-state index in [0.717, 1.165) is 18.4 Å². The highest BCUT2D eigenvalue weighted by molar-refractivity contribution is 6.06. The Bertz CT molecular complexity index is 984. The number of Topliss-reactive ketones (excluding diaryl/α,β-unsaturated/α-hetero) is 1. The van der Waals surface area contributed by atoms with Crippen molar-refractivity contribution < 1.29 is 24.9 Å². The van der Waals surface area contributed by atoms with E-state index in [1.807, 2.05) is 19.1 Å². The maximum atomic E-state index is 12.8. The lowest BCUT2D eigenvalue weighted by molar-refractivity contribution is 0.0210. The van der Waals surface area contributed by atoms with Crippen molar-refractivity contribution in [2.75, 3.05) is 0 Å². The number of phenols is 2. The van der Waals surface area contributed by atoms with Gasteiger partial charge in [0.1, 0.15) is 22.8 Å². The second-order valence-corrected chi connectivity index (χ2v) is 7.93. The number of phenolic OH excluding ortho intramolecular Hbond substituents is 2. The number of benzene rings is 2. The van der Waals surface area contributed by atoms with Crippen molar-refractivity contribution in [3.05, 3.63) is 76.4 Å². The number of aliphatic hydroxyl groups is 1. The van der Waals surface area contributed by atoms with Gasteiger partial charge in [-0.05, 0) is 45.6 Å². The SMILES string of the molecule is CC(C)=CCC/C(C)=C/Cc1c(O)cc2c(c1O)C(=O)[C@@H](O)[C@@H](c1ccccc1)O2. The second-order valence-electron chi connectivity index (χ2n) is 7.93. The minimum atomic E-state index is -1.44. The average molecular weight is 408 g/mol. The molecule has 0 spiro atoms. The number of allylic oxidation sites excluding steroid dienone is 4. The van der Waals surface area contributed by atoms with Gasteiger partial charge in [0.2, 0.25) is 5.78 Å². The molecule has 3 N–H and O–H groups in total. The molecule has 0 radical (unpaired) electrons. The smallest absolute Gasteiger partial charge is 0.202 e. The molecule has 0 saturated carbocycles. The summed E-state index contributed by atoms with van der Waals surface area (Å²) in [5, 5.41) is 31.7. The van der Waals surface area contributed by atoms with Crippen LogP contribution in [-0.2, 0) is 6.42 Å². The maximum absolute atomic E-state index is 12.8. The van der Waals surface area contributed by atoms with Crippen LogP contribution in [0.25, 0.3) is 0 Å². The summed E-state index contributed by atoms with van der Waals surface area (Å²) in [6.45, 7) is 6.10. The second kappa shape index (κ2) is 9.18. The van der Waals surface area contributed by atoms with Crippen molar-refractivity contribution in [3.8, 4) is 17.2 Å². The summed E-state index contributed by atoms with van der Waals surface area (Å²) in [5.74, 6) is -1.03. The van der Waals surface area contributed by atoms with E-state index in [2.05, 4.69) is 19.9 Å². The minimum absolute atomic E-state index is 0.0714. The fourth-order valence-corrected chi connectivity index (χ4v) is 3.55. The zero-order valence-corrected chi connectivity index (χ0v) is 17.6. The minimum Gasteiger partial charge on any atom is -0.507 e. The van der Waals surface area contributed by atoms with E-state index in [0.29, 0.717) is 5.56 Å². The monoisotopic (exact) mass is 408 g/mol. The predicted molar refractivity (Wildman–Crippen MR) is 116 cm³/mol. The molecule has 0 aliphatic carbocycles. The van der Waals surface area contributed by atoms with Crippen LogP contribution in [0.5, 0.6) is 17.2 Å². The number of carbonyl (C=O) groups is 1. The van der Waals surface area contributed by atoms with Crippen LogP contribution < -0.4 is 4.74 Å². The zero-order chi connectivity index (χ0) is 21.8. The van der Waals surface area contributed by atoms with Gasteiger partial charge >= 0.3 is 0 Å². The molecule has 0 aromatic heterocycles. The molecule has 2 aromatic rings. The molecule has 1 aliphatic rings. The molecule has 5 heteroatoms. The first-order valence-corrected chi connectivity index (χ1v) is 10.1. The molecule has 2 atom stereocenters. The number of hydrogen-bond donors (Lipinski definition) is 3. The van der Waals surface area contributed by atoms with E-state index in [-0.39, 0.29) is 34.8 Å². The number of ether oxygens (including phenoxy) is 1.